The summed E-state index contributed by atoms with van der Waals surface area (Å²) < 4.78 is 25.2. The van der Waals surface area contributed by atoms with Crippen LogP contribution in [0.25, 0.3) is 6.08 Å². The van der Waals surface area contributed by atoms with Crippen LogP contribution in [-0.2, 0) is 11.3 Å². The highest BCUT2D eigenvalue weighted by Gasteiger charge is 2.36. The molecule has 0 atom stereocenters. The van der Waals surface area contributed by atoms with Crippen molar-refractivity contribution in [3.8, 4) is 11.5 Å². The van der Waals surface area contributed by atoms with E-state index in [0.29, 0.717) is 22.8 Å². The van der Waals surface area contributed by atoms with Gasteiger partial charge >= 0.3 is 5.97 Å². The molecule has 0 aliphatic carbocycles. The summed E-state index contributed by atoms with van der Waals surface area (Å²) >= 11 is 8.05. The number of hydrogen-bond donors (Lipinski definition) is 0. The monoisotopic (exact) mass is 517 g/mol. The van der Waals surface area contributed by atoms with Gasteiger partial charge in [-0.15, -0.1) is 11.3 Å². The van der Waals surface area contributed by atoms with E-state index in [1.165, 1.54) is 35.6 Å². The van der Waals surface area contributed by atoms with Gasteiger partial charge in [0.2, 0.25) is 0 Å². The minimum Gasteiger partial charge on any atom is -0.490 e. The van der Waals surface area contributed by atoms with Crippen LogP contribution in [0.15, 0.2) is 58.8 Å². The maximum Gasteiger partial charge on any atom is 0.353 e. The molecule has 0 N–H and O–H groups in total. The number of carbonyl (C=O) groups excluding carboxylic acids is 3. The second-order valence-corrected chi connectivity index (χ2v) is 9.32. The molecule has 0 spiro atoms. The molecule has 6 nitrogen and oxygen atoms in total. The van der Waals surface area contributed by atoms with Crippen LogP contribution in [0.2, 0.25) is 5.02 Å². The summed E-state index contributed by atoms with van der Waals surface area (Å²) in [5, 5.41) is 1.38. The Morgan fingerprint density at radius 1 is 1.15 bits per heavy atom. The van der Waals surface area contributed by atoms with E-state index in [9.17, 15) is 18.8 Å². The fourth-order valence-electron chi connectivity index (χ4n) is 3.14. The molecule has 10 heteroatoms. The second-order valence-electron chi connectivity index (χ2n) is 6.97. The highest BCUT2D eigenvalue weighted by Crippen LogP contribution is 2.36. The highest BCUT2D eigenvalue weighted by molar-refractivity contribution is 8.18. The summed E-state index contributed by atoms with van der Waals surface area (Å²) in [6.45, 7) is 1.85. The summed E-state index contributed by atoms with van der Waals surface area (Å²) in [5.41, 5.74) is 0.636. The summed E-state index contributed by atoms with van der Waals surface area (Å²) in [4.78, 5) is 39.2. The third-order valence-corrected chi connectivity index (χ3v) is 6.85. The van der Waals surface area contributed by atoms with E-state index in [-0.39, 0.29) is 27.8 Å². The number of ether oxygens (including phenoxy) is 2. The molecule has 34 heavy (non-hydrogen) atoms. The summed E-state index contributed by atoms with van der Waals surface area (Å²) in [6.07, 6.45) is 1.53. The predicted octanol–water partition coefficient (Wildman–Crippen LogP) is 6.40. The van der Waals surface area contributed by atoms with E-state index in [4.69, 9.17) is 21.1 Å². The SMILES string of the molecule is CCOc1cc(/C=C2\SC(=O)N(Cc3c(F)cccc3Cl)C2=O)ccc1OC(=O)c1cccs1. The van der Waals surface area contributed by atoms with Gasteiger partial charge in [0.25, 0.3) is 11.1 Å². The highest BCUT2D eigenvalue weighted by atomic mass is 35.5. The van der Waals surface area contributed by atoms with Crippen LogP contribution < -0.4 is 9.47 Å². The number of thioether (sulfide) groups is 1. The van der Waals surface area contributed by atoms with Crippen molar-refractivity contribution in [3.63, 3.8) is 0 Å². The number of esters is 1. The largest absolute Gasteiger partial charge is 0.490 e. The van der Waals surface area contributed by atoms with Crippen LogP contribution in [0.1, 0.15) is 27.7 Å². The van der Waals surface area contributed by atoms with E-state index in [0.717, 1.165) is 16.7 Å². The topological polar surface area (TPSA) is 72.9 Å². The smallest absolute Gasteiger partial charge is 0.353 e. The lowest BCUT2D eigenvalue weighted by Gasteiger charge is -2.14. The van der Waals surface area contributed by atoms with Crippen molar-refractivity contribution in [1.29, 1.82) is 0 Å². The van der Waals surface area contributed by atoms with Gasteiger partial charge in [0.1, 0.15) is 10.7 Å². The number of thiophene rings is 1. The van der Waals surface area contributed by atoms with Gasteiger partial charge in [-0.25, -0.2) is 9.18 Å². The zero-order valence-corrected chi connectivity index (χ0v) is 20.1. The Labute approximate surface area is 207 Å². The molecule has 1 fully saturated rings. The van der Waals surface area contributed by atoms with E-state index in [1.807, 2.05) is 0 Å². The van der Waals surface area contributed by atoms with Crippen molar-refractivity contribution in [1.82, 2.24) is 4.90 Å². The van der Waals surface area contributed by atoms with Crippen LogP contribution >= 0.6 is 34.7 Å². The van der Waals surface area contributed by atoms with Crippen LogP contribution in [0, 0.1) is 5.82 Å². The molecule has 4 rings (SSSR count). The first-order chi connectivity index (χ1) is 16.4. The Bertz CT molecular complexity index is 1270. The van der Waals surface area contributed by atoms with Gasteiger partial charge in [0.15, 0.2) is 11.5 Å². The molecule has 2 amide bonds. The first-order valence-electron chi connectivity index (χ1n) is 10.1. The molecular weight excluding hydrogens is 501 g/mol. The molecule has 174 valence electrons. The number of imide groups is 1. The number of nitrogens with zero attached hydrogens (tertiary/aromatic N) is 1. The lowest BCUT2D eigenvalue weighted by atomic mass is 10.1. The molecule has 0 unspecified atom stereocenters. The van der Waals surface area contributed by atoms with Crippen LogP contribution in [0.5, 0.6) is 11.5 Å². The van der Waals surface area contributed by atoms with Crippen LogP contribution in [-0.4, -0.2) is 28.6 Å². The maximum atomic E-state index is 14.1. The van der Waals surface area contributed by atoms with E-state index < -0.39 is 22.9 Å². The summed E-state index contributed by atoms with van der Waals surface area (Å²) in [7, 11) is 0. The molecule has 2 heterocycles. The normalized spacial score (nSPS) is 14.7. The van der Waals surface area contributed by atoms with Crippen molar-refractivity contribution in [2.45, 2.75) is 13.5 Å². The lowest BCUT2D eigenvalue weighted by Crippen LogP contribution is -2.28. The van der Waals surface area contributed by atoms with Crippen molar-refractivity contribution in [3.05, 3.63) is 85.7 Å². The van der Waals surface area contributed by atoms with Crippen molar-refractivity contribution >= 4 is 57.9 Å². The Kier molecular flexibility index (Phi) is 7.35. The molecule has 1 aliphatic rings. The number of benzene rings is 2. The van der Waals surface area contributed by atoms with Gasteiger partial charge < -0.3 is 9.47 Å². The Morgan fingerprint density at radius 2 is 1.97 bits per heavy atom. The van der Waals surface area contributed by atoms with Gasteiger partial charge in [-0.2, -0.15) is 0 Å². The summed E-state index contributed by atoms with van der Waals surface area (Å²) in [5.74, 6) is -1.10. The number of rotatable bonds is 7. The van der Waals surface area contributed by atoms with Crippen molar-refractivity contribution in [2.75, 3.05) is 6.61 Å². The molecule has 1 saturated heterocycles. The quantitative estimate of drug-likeness (QED) is 0.205. The Hall–Kier alpha value is -3.14. The molecule has 2 aromatic carbocycles. The molecule has 3 aromatic rings. The molecule has 0 saturated carbocycles. The minimum absolute atomic E-state index is 0.0725. The van der Waals surface area contributed by atoms with E-state index >= 15 is 0 Å². The Balaban J connectivity index is 1.56. The third-order valence-electron chi connectivity index (χ3n) is 4.74. The third kappa shape index (κ3) is 5.16. The van der Waals surface area contributed by atoms with Gasteiger partial charge in [-0.3, -0.25) is 14.5 Å². The number of carbonyl (C=O) groups is 3. The standard InChI is InChI=1S/C24H17ClFNO5S2/c1-2-31-19-11-14(8-9-18(19)32-23(29)20-7-4-10-33-20)12-21-22(28)27(24(30)34-21)13-15-16(25)5-3-6-17(15)26/h3-12H,2,13H2,1H3/b21-12-. The number of halogens is 2. The molecule has 0 radical (unpaired) electrons. The molecule has 1 aromatic heterocycles. The fraction of sp³-hybridized carbons (Fsp3) is 0.125. The lowest BCUT2D eigenvalue weighted by molar-refractivity contribution is -0.123. The van der Waals surface area contributed by atoms with Crippen molar-refractivity contribution in [2.24, 2.45) is 0 Å². The van der Waals surface area contributed by atoms with Gasteiger partial charge in [0.05, 0.1) is 18.1 Å². The zero-order chi connectivity index (χ0) is 24.2. The summed E-state index contributed by atoms with van der Waals surface area (Å²) in [6, 6.07) is 12.4. The van der Waals surface area contributed by atoms with Gasteiger partial charge in [0, 0.05) is 10.6 Å². The maximum absolute atomic E-state index is 14.1. The zero-order valence-electron chi connectivity index (χ0n) is 17.7. The molecular formula is C24H17ClFNO5S2. The van der Waals surface area contributed by atoms with Gasteiger partial charge in [-0.1, -0.05) is 29.8 Å². The second kappa shape index (κ2) is 10.4. The van der Waals surface area contributed by atoms with Crippen LogP contribution in [0.3, 0.4) is 0 Å². The molecule has 0 bridgehead atoms. The average molecular weight is 518 g/mol. The number of amides is 2. The van der Waals surface area contributed by atoms with Gasteiger partial charge in [-0.05, 0) is 66.0 Å². The Morgan fingerprint density at radius 3 is 2.68 bits per heavy atom. The predicted molar refractivity (Wildman–Crippen MR) is 130 cm³/mol. The van der Waals surface area contributed by atoms with Crippen LogP contribution in [0.4, 0.5) is 9.18 Å². The molecule has 1 aliphatic heterocycles. The fourth-order valence-corrected chi connectivity index (χ4v) is 4.80. The first-order valence-corrected chi connectivity index (χ1v) is 12.2. The van der Waals surface area contributed by atoms with E-state index in [2.05, 4.69) is 0 Å². The van der Waals surface area contributed by atoms with Crippen molar-refractivity contribution < 1.29 is 28.2 Å². The first kappa shape index (κ1) is 24.0. The number of hydrogen-bond acceptors (Lipinski definition) is 7. The minimum atomic E-state index is -0.593. The average Bonchev–Trinajstić information content (AvgIpc) is 3.43. The van der Waals surface area contributed by atoms with E-state index in [1.54, 1.807) is 42.6 Å².